The topological polar surface area (TPSA) is 59.7 Å². The van der Waals surface area contributed by atoms with Crippen molar-refractivity contribution in [1.82, 2.24) is 0 Å². The van der Waals surface area contributed by atoms with E-state index in [1.807, 2.05) is 48.5 Å². The second kappa shape index (κ2) is 6.76. The van der Waals surface area contributed by atoms with Gasteiger partial charge in [-0.25, -0.2) is 0 Å². The fraction of sp³-hybridized carbons (Fsp3) is 0.0455. The lowest BCUT2D eigenvalue weighted by molar-refractivity contribution is 0.309. The van der Waals surface area contributed by atoms with Crippen molar-refractivity contribution in [1.29, 1.82) is 0 Å². The second-order valence-electron chi connectivity index (χ2n) is 5.88. The second-order valence-corrected chi connectivity index (χ2v) is 5.88. The van der Waals surface area contributed by atoms with E-state index in [4.69, 9.17) is 9.15 Å². The van der Waals surface area contributed by atoms with Crippen molar-refractivity contribution in [3.63, 3.8) is 0 Å². The van der Waals surface area contributed by atoms with Gasteiger partial charge >= 0.3 is 0 Å². The van der Waals surface area contributed by atoms with Crippen molar-refractivity contribution in [2.24, 2.45) is 0 Å². The summed E-state index contributed by atoms with van der Waals surface area (Å²) in [6, 6.07) is 23.9. The van der Waals surface area contributed by atoms with Crippen molar-refractivity contribution >= 4 is 11.0 Å². The highest BCUT2D eigenvalue weighted by atomic mass is 16.5. The lowest BCUT2D eigenvalue weighted by Gasteiger charge is -2.11. The van der Waals surface area contributed by atoms with Gasteiger partial charge in [-0.1, -0.05) is 66.7 Å². The van der Waals surface area contributed by atoms with Gasteiger partial charge in [0.2, 0.25) is 11.2 Å². The van der Waals surface area contributed by atoms with Crippen molar-refractivity contribution in [3.8, 4) is 22.8 Å². The molecule has 4 aromatic rings. The summed E-state index contributed by atoms with van der Waals surface area (Å²) in [5.41, 5.74) is 1.49. The maximum atomic E-state index is 12.8. The molecule has 0 amide bonds. The van der Waals surface area contributed by atoms with E-state index in [-0.39, 0.29) is 11.1 Å². The van der Waals surface area contributed by atoms with Crippen LogP contribution >= 0.6 is 0 Å². The molecule has 0 fully saturated rings. The summed E-state index contributed by atoms with van der Waals surface area (Å²) >= 11 is 0. The van der Waals surface area contributed by atoms with Gasteiger partial charge in [0.15, 0.2) is 5.76 Å². The van der Waals surface area contributed by atoms with Crippen molar-refractivity contribution in [2.45, 2.75) is 6.61 Å². The Hall–Kier alpha value is -3.53. The van der Waals surface area contributed by atoms with Crippen LogP contribution in [0.4, 0.5) is 0 Å². The molecule has 0 unspecified atom stereocenters. The van der Waals surface area contributed by atoms with Gasteiger partial charge < -0.3 is 14.3 Å². The van der Waals surface area contributed by atoms with Crippen molar-refractivity contribution < 1.29 is 14.3 Å². The van der Waals surface area contributed by atoms with E-state index in [0.717, 1.165) is 5.56 Å². The number of rotatable bonds is 4. The highest BCUT2D eigenvalue weighted by molar-refractivity contribution is 5.87. The van der Waals surface area contributed by atoms with Crippen LogP contribution in [0.3, 0.4) is 0 Å². The molecule has 0 saturated heterocycles. The molecule has 1 N–H and O–H groups in total. The van der Waals surface area contributed by atoms with Gasteiger partial charge in [-0.15, -0.1) is 0 Å². The number of aromatic hydroxyl groups is 1. The summed E-state index contributed by atoms with van der Waals surface area (Å²) in [6.07, 6.45) is 0. The van der Waals surface area contributed by atoms with E-state index in [1.54, 1.807) is 30.3 Å². The van der Waals surface area contributed by atoms with E-state index in [2.05, 4.69) is 0 Å². The predicted molar refractivity (Wildman–Crippen MR) is 100 cm³/mol. The van der Waals surface area contributed by atoms with Crippen LogP contribution in [0.1, 0.15) is 5.56 Å². The average Bonchev–Trinajstić information content (AvgIpc) is 2.70. The minimum Gasteiger partial charge on any atom is -0.502 e. The van der Waals surface area contributed by atoms with Crippen LogP contribution in [0.5, 0.6) is 11.5 Å². The summed E-state index contributed by atoms with van der Waals surface area (Å²) < 4.78 is 11.6. The zero-order valence-corrected chi connectivity index (χ0v) is 13.9. The van der Waals surface area contributed by atoms with Crippen molar-refractivity contribution in [2.75, 3.05) is 0 Å². The summed E-state index contributed by atoms with van der Waals surface area (Å²) in [6.45, 7) is 0.320. The van der Waals surface area contributed by atoms with E-state index < -0.39 is 11.2 Å². The van der Waals surface area contributed by atoms with E-state index >= 15 is 0 Å². The molecule has 3 aromatic carbocycles. The molecule has 0 bridgehead atoms. The third-order valence-electron chi connectivity index (χ3n) is 4.13. The lowest BCUT2D eigenvalue weighted by atomic mass is 10.1. The van der Waals surface area contributed by atoms with Crippen molar-refractivity contribution in [3.05, 3.63) is 94.6 Å². The molecule has 1 heterocycles. The molecule has 0 saturated carbocycles. The maximum absolute atomic E-state index is 12.8. The van der Waals surface area contributed by atoms with Gasteiger partial charge in [0.05, 0.1) is 0 Å². The quantitative estimate of drug-likeness (QED) is 0.581. The average molecular weight is 344 g/mol. The van der Waals surface area contributed by atoms with Crippen LogP contribution in [0.2, 0.25) is 0 Å². The fourth-order valence-electron chi connectivity index (χ4n) is 2.84. The summed E-state index contributed by atoms with van der Waals surface area (Å²) in [5.74, 6) is 0.123. The van der Waals surface area contributed by atoms with Crippen LogP contribution < -0.4 is 10.2 Å². The number of hydrogen-bond donors (Lipinski definition) is 1. The number of ether oxygens (including phenoxy) is 1. The molecule has 0 spiro atoms. The largest absolute Gasteiger partial charge is 0.502 e. The SMILES string of the molecule is O=c1c(O)c(-c2ccccc2)oc2cccc(OCc3ccccc3)c12. The molecule has 26 heavy (non-hydrogen) atoms. The Balaban J connectivity index is 1.79. The van der Waals surface area contributed by atoms with Gasteiger partial charge in [-0.2, -0.15) is 0 Å². The molecule has 0 aliphatic heterocycles. The molecule has 1 aromatic heterocycles. The summed E-state index contributed by atoms with van der Waals surface area (Å²) in [7, 11) is 0. The molecule has 4 heteroatoms. The first-order chi connectivity index (χ1) is 12.7. The smallest absolute Gasteiger partial charge is 0.238 e. The van der Waals surface area contributed by atoms with Gasteiger partial charge in [0.25, 0.3) is 0 Å². The van der Waals surface area contributed by atoms with Gasteiger partial charge in [-0.05, 0) is 17.7 Å². The maximum Gasteiger partial charge on any atom is 0.238 e. The molecule has 4 nitrogen and oxygen atoms in total. The van der Waals surface area contributed by atoms with E-state index in [9.17, 15) is 9.90 Å². The highest BCUT2D eigenvalue weighted by Gasteiger charge is 2.18. The summed E-state index contributed by atoms with van der Waals surface area (Å²) in [4.78, 5) is 12.8. The van der Waals surface area contributed by atoms with E-state index in [1.165, 1.54) is 0 Å². The molecule has 0 atom stereocenters. The fourth-order valence-corrected chi connectivity index (χ4v) is 2.84. The molecule has 4 rings (SSSR count). The molecule has 0 radical (unpaired) electrons. The Morgan fingerprint density at radius 3 is 2.27 bits per heavy atom. The zero-order valence-electron chi connectivity index (χ0n) is 13.9. The summed E-state index contributed by atoms with van der Waals surface area (Å²) in [5, 5.41) is 10.6. The van der Waals surface area contributed by atoms with Crippen LogP contribution in [0, 0.1) is 0 Å². The molecule has 0 aliphatic carbocycles. The first kappa shape index (κ1) is 16.0. The number of hydrogen-bond acceptors (Lipinski definition) is 4. The monoisotopic (exact) mass is 344 g/mol. The standard InChI is InChI=1S/C22H16O4/c23-20-19-17(25-14-15-8-3-1-4-9-15)12-7-13-18(19)26-22(21(20)24)16-10-5-2-6-11-16/h1-13,24H,14H2. The van der Waals surface area contributed by atoms with Crippen LogP contribution in [0.25, 0.3) is 22.3 Å². The highest BCUT2D eigenvalue weighted by Crippen LogP contribution is 2.33. The molecule has 0 aliphatic rings. The Kier molecular flexibility index (Phi) is 4.15. The Labute approximate surface area is 149 Å². The minimum atomic E-state index is -0.506. The minimum absolute atomic E-state index is 0.156. The van der Waals surface area contributed by atoms with Gasteiger partial charge in [0.1, 0.15) is 23.3 Å². The number of fused-ring (bicyclic) bond motifs is 1. The normalized spacial score (nSPS) is 10.8. The van der Waals surface area contributed by atoms with Crippen LogP contribution in [-0.2, 0) is 6.61 Å². The molecular formula is C22H16O4. The van der Waals surface area contributed by atoms with E-state index in [0.29, 0.717) is 23.5 Å². The molecule has 128 valence electrons. The predicted octanol–water partition coefficient (Wildman–Crippen LogP) is 4.74. The van der Waals surface area contributed by atoms with Crippen LogP contribution in [-0.4, -0.2) is 5.11 Å². The first-order valence-corrected chi connectivity index (χ1v) is 8.25. The van der Waals surface area contributed by atoms with Crippen LogP contribution in [0.15, 0.2) is 88.1 Å². The van der Waals surface area contributed by atoms with Gasteiger partial charge in [0, 0.05) is 5.56 Å². The molecular weight excluding hydrogens is 328 g/mol. The Bertz CT molecular complexity index is 1100. The zero-order chi connectivity index (χ0) is 17.9. The lowest BCUT2D eigenvalue weighted by Crippen LogP contribution is -2.06. The third-order valence-corrected chi connectivity index (χ3v) is 4.13. The first-order valence-electron chi connectivity index (χ1n) is 8.25. The Morgan fingerprint density at radius 1 is 0.846 bits per heavy atom. The third kappa shape index (κ3) is 2.93. The van der Waals surface area contributed by atoms with Gasteiger partial charge in [-0.3, -0.25) is 4.79 Å². The Morgan fingerprint density at radius 2 is 1.54 bits per heavy atom. The number of benzene rings is 3.